The van der Waals surface area contributed by atoms with Crippen LogP contribution in [0.5, 0.6) is 0 Å². The van der Waals surface area contributed by atoms with E-state index in [4.69, 9.17) is 9.57 Å². The first-order valence-corrected chi connectivity index (χ1v) is 6.15. The molecule has 1 amide bonds. The molecule has 1 N–H and O–H groups in total. The number of nitrogens with zero attached hydrogens (tertiary/aromatic N) is 2. The Kier molecular flexibility index (Phi) is 3.23. The summed E-state index contributed by atoms with van der Waals surface area (Å²) < 4.78 is 5.34. The van der Waals surface area contributed by atoms with Gasteiger partial charge in [0.05, 0.1) is 11.1 Å². The van der Waals surface area contributed by atoms with Gasteiger partial charge in [0.2, 0.25) is 0 Å². The minimum absolute atomic E-state index is 0.0487. The average molecular weight is 255 g/mol. The monoisotopic (exact) mass is 255 g/mol. The van der Waals surface area contributed by atoms with Crippen LogP contribution >= 0.6 is 0 Å². The Labute approximate surface area is 107 Å². The lowest BCUT2D eigenvalue weighted by atomic mass is 9.78. The van der Waals surface area contributed by atoms with Crippen LogP contribution in [0.15, 0.2) is 5.16 Å². The molecule has 0 bridgehead atoms. The number of hydrogen-bond donors (Lipinski definition) is 1. The lowest BCUT2D eigenvalue weighted by Gasteiger charge is -2.47. The largest absolute Gasteiger partial charge is 0.444 e. The highest BCUT2D eigenvalue weighted by atomic mass is 16.6. The Morgan fingerprint density at radius 1 is 1.44 bits per heavy atom. The molecule has 2 rings (SSSR count). The molecule has 1 spiro atoms. The Morgan fingerprint density at radius 3 is 2.67 bits per heavy atom. The molecule has 0 aliphatic carbocycles. The first-order valence-electron chi connectivity index (χ1n) is 6.15. The Hall–Kier alpha value is -1.30. The number of hydrogen-bond acceptors (Lipinski definition) is 5. The first-order chi connectivity index (χ1) is 8.36. The van der Waals surface area contributed by atoms with E-state index in [1.807, 2.05) is 20.8 Å². The molecule has 102 valence electrons. The predicted molar refractivity (Wildman–Crippen MR) is 67.6 cm³/mol. The van der Waals surface area contributed by atoms with Crippen molar-refractivity contribution >= 4 is 11.8 Å². The highest BCUT2D eigenvalue weighted by molar-refractivity contribution is 5.96. The highest BCUT2D eigenvalue weighted by Gasteiger charge is 2.52. The van der Waals surface area contributed by atoms with Crippen molar-refractivity contribution < 1.29 is 14.4 Å². The second-order valence-electron chi connectivity index (χ2n) is 5.94. The van der Waals surface area contributed by atoms with Gasteiger partial charge in [0.25, 0.3) is 0 Å². The number of ether oxygens (including phenoxy) is 1. The zero-order valence-electron chi connectivity index (χ0n) is 11.4. The molecule has 0 radical (unpaired) electrons. The quantitative estimate of drug-likeness (QED) is 0.705. The van der Waals surface area contributed by atoms with Crippen LogP contribution in [-0.4, -0.2) is 55.6 Å². The molecule has 6 heteroatoms. The fraction of sp³-hybridized carbons (Fsp3) is 0.833. The van der Waals surface area contributed by atoms with Gasteiger partial charge in [-0.3, -0.25) is 0 Å². The summed E-state index contributed by atoms with van der Waals surface area (Å²) in [6.45, 7) is 8.48. The van der Waals surface area contributed by atoms with Crippen molar-refractivity contribution in [3.63, 3.8) is 0 Å². The van der Waals surface area contributed by atoms with Crippen molar-refractivity contribution in [1.29, 1.82) is 0 Å². The van der Waals surface area contributed by atoms with Gasteiger partial charge in [-0.1, -0.05) is 5.16 Å². The summed E-state index contributed by atoms with van der Waals surface area (Å²) in [6, 6.07) is 0. The highest BCUT2D eigenvalue weighted by Crippen LogP contribution is 2.35. The fourth-order valence-electron chi connectivity index (χ4n) is 2.38. The summed E-state index contributed by atoms with van der Waals surface area (Å²) in [5, 5.41) is 7.31. The Bertz CT molecular complexity index is 367. The topological polar surface area (TPSA) is 63.2 Å². The minimum atomic E-state index is -0.447. The summed E-state index contributed by atoms with van der Waals surface area (Å²) in [4.78, 5) is 18.4. The van der Waals surface area contributed by atoms with E-state index in [-0.39, 0.29) is 11.5 Å². The molecule has 2 aliphatic rings. The number of nitrogens with one attached hydrogen (secondary N) is 1. The second-order valence-corrected chi connectivity index (χ2v) is 5.94. The van der Waals surface area contributed by atoms with E-state index in [1.165, 1.54) is 0 Å². The van der Waals surface area contributed by atoms with Crippen molar-refractivity contribution in [3.05, 3.63) is 0 Å². The number of rotatable bonds is 1. The summed E-state index contributed by atoms with van der Waals surface area (Å²) in [6.07, 6.45) is -0.253. The van der Waals surface area contributed by atoms with Gasteiger partial charge in [0, 0.05) is 26.2 Å². The van der Waals surface area contributed by atoms with Gasteiger partial charge in [-0.25, -0.2) is 4.79 Å². The standard InChI is InChI=1S/C12H21N3O3/c1-11(2,3)18-10(16)15-7-12(8-15)6-13-5-9(12)14-17-4/h13H,5-8H2,1-4H3/b14-9-. The number of carbonyl (C=O) groups is 1. The zero-order valence-corrected chi connectivity index (χ0v) is 11.4. The van der Waals surface area contributed by atoms with Crippen LogP contribution in [0, 0.1) is 5.41 Å². The van der Waals surface area contributed by atoms with E-state index in [2.05, 4.69) is 10.5 Å². The van der Waals surface area contributed by atoms with Gasteiger partial charge in [-0.15, -0.1) is 0 Å². The van der Waals surface area contributed by atoms with Crippen LogP contribution in [0.3, 0.4) is 0 Å². The Morgan fingerprint density at radius 2 is 2.11 bits per heavy atom. The molecule has 0 saturated carbocycles. The third kappa shape index (κ3) is 2.43. The Balaban J connectivity index is 1.93. The van der Waals surface area contributed by atoms with Gasteiger partial charge in [-0.05, 0) is 20.8 Å². The molecule has 2 heterocycles. The summed E-state index contributed by atoms with van der Waals surface area (Å²) in [5.41, 5.74) is 0.495. The van der Waals surface area contributed by atoms with E-state index >= 15 is 0 Å². The van der Waals surface area contributed by atoms with E-state index in [9.17, 15) is 4.79 Å². The molecule has 6 nitrogen and oxygen atoms in total. The molecule has 0 atom stereocenters. The van der Waals surface area contributed by atoms with Crippen molar-refractivity contribution in [1.82, 2.24) is 10.2 Å². The average Bonchev–Trinajstić information content (AvgIpc) is 2.56. The first kappa shape index (κ1) is 13.1. The molecule has 2 fully saturated rings. The molecule has 0 aromatic heterocycles. The summed E-state index contributed by atoms with van der Waals surface area (Å²) in [5.74, 6) is 0. The summed E-state index contributed by atoms with van der Waals surface area (Å²) >= 11 is 0. The zero-order chi connectivity index (χ0) is 13.4. The van der Waals surface area contributed by atoms with E-state index < -0.39 is 5.60 Å². The number of likely N-dealkylation sites (tertiary alicyclic amines) is 1. The maximum atomic E-state index is 11.9. The molecule has 0 unspecified atom stereocenters. The predicted octanol–water partition coefficient (Wildman–Crippen LogP) is 0.829. The number of carbonyl (C=O) groups excluding carboxylic acids is 1. The molecule has 2 saturated heterocycles. The SMILES string of the molecule is CO/N=C1/CNCC12CN(C(=O)OC(C)(C)C)C2. The van der Waals surface area contributed by atoms with E-state index in [0.29, 0.717) is 13.1 Å². The third-order valence-electron chi connectivity index (χ3n) is 3.21. The van der Waals surface area contributed by atoms with Crippen molar-refractivity contribution in [2.24, 2.45) is 10.6 Å². The van der Waals surface area contributed by atoms with Gasteiger partial charge in [0.15, 0.2) is 0 Å². The van der Waals surface area contributed by atoms with Crippen LogP contribution in [-0.2, 0) is 9.57 Å². The van der Waals surface area contributed by atoms with Crippen LogP contribution in [0.1, 0.15) is 20.8 Å². The van der Waals surface area contributed by atoms with Gasteiger partial charge < -0.3 is 19.8 Å². The fourth-order valence-corrected chi connectivity index (χ4v) is 2.38. The minimum Gasteiger partial charge on any atom is -0.444 e. The number of oxime groups is 1. The van der Waals surface area contributed by atoms with Crippen molar-refractivity contribution in [2.45, 2.75) is 26.4 Å². The van der Waals surface area contributed by atoms with Crippen molar-refractivity contribution in [2.75, 3.05) is 33.3 Å². The normalized spacial score (nSPS) is 24.2. The molecular weight excluding hydrogens is 234 g/mol. The molecule has 0 aromatic carbocycles. The lowest BCUT2D eigenvalue weighted by Crippen LogP contribution is -2.63. The van der Waals surface area contributed by atoms with Crippen molar-refractivity contribution in [3.8, 4) is 0 Å². The van der Waals surface area contributed by atoms with Crippen LogP contribution in [0.2, 0.25) is 0 Å². The summed E-state index contributed by atoms with van der Waals surface area (Å²) in [7, 11) is 1.54. The third-order valence-corrected chi connectivity index (χ3v) is 3.21. The van der Waals surface area contributed by atoms with E-state index in [0.717, 1.165) is 18.8 Å². The number of amides is 1. The smallest absolute Gasteiger partial charge is 0.410 e. The molecule has 18 heavy (non-hydrogen) atoms. The van der Waals surface area contributed by atoms with Gasteiger partial charge in [-0.2, -0.15) is 0 Å². The lowest BCUT2D eigenvalue weighted by molar-refractivity contribution is -0.0108. The van der Waals surface area contributed by atoms with Crippen LogP contribution < -0.4 is 5.32 Å². The maximum absolute atomic E-state index is 11.9. The molecule has 0 aromatic rings. The molecule has 2 aliphatic heterocycles. The van der Waals surface area contributed by atoms with Crippen LogP contribution in [0.4, 0.5) is 4.79 Å². The second kappa shape index (κ2) is 4.42. The maximum Gasteiger partial charge on any atom is 0.410 e. The van der Waals surface area contributed by atoms with E-state index in [1.54, 1.807) is 12.0 Å². The van der Waals surface area contributed by atoms with Crippen LogP contribution in [0.25, 0.3) is 0 Å². The van der Waals surface area contributed by atoms with Gasteiger partial charge >= 0.3 is 6.09 Å². The molecular formula is C12H21N3O3. The van der Waals surface area contributed by atoms with Gasteiger partial charge in [0.1, 0.15) is 12.7 Å².